The molecule has 0 amide bonds. The van der Waals surface area contributed by atoms with Crippen LogP contribution in [0.1, 0.15) is 40.2 Å². The molecule has 78 valence electrons. The molecule has 0 N–H and O–H groups in total. The maximum absolute atomic E-state index is 5.88. The third-order valence-electron chi connectivity index (χ3n) is 3.44. The minimum Gasteiger partial charge on any atom is -0.0843 e. The van der Waals surface area contributed by atoms with Gasteiger partial charge in [-0.1, -0.05) is 58.4 Å². The first-order valence-electron chi connectivity index (χ1n) is 5.01. The van der Waals surface area contributed by atoms with Crippen molar-refractivity contribution in [3.63, 3.8) is 0 Å². The maximum Gasteiger partial charge on any atom is 0.0406 e. The Bertz CT molecular complexity index is 301. The molecule has 0 aromatic heterocycles. The molecule has 0 nitrogen and oxygen atoms in total. The van der Waals surface area contributed by atoms with Crippen molar-refractivity contribution in [2.45, 2.75) is 40.0 Å². The van der Waals surface area contributed by atoms with Crippen molar-refractivity contribution in [2.75, 3.05) is 0 Å². The number of hydrogen-bond donors (Lipinski definition) is 0. The predicted molar refractivity (Wildman–Crippen MR) is 63.9 cm³/mol. The zero-order chi connectivity index (χ0) is 11.0. The molecule has 1 aromatic carbocycles. The van der Waals surface area contributed by atoms with Gasteiger partial charge in [-0.25, -0.2) is 0 Å². The molecule has 1 rings (SSSR count). The fourth-order valence-electron chi connectivity index (χ4n) is 1.30. The van der Waals surface area contributed by atoms with Gasteiger partial charge in [0.1, 0.15) is 0 Å². The molecule has 0 spiro atoms. The summed E-state index contributed by atoms with van der Waals surface area (Å²) >= 11 is 5.88. The lowest BCUT2D eigenvalue weighted by atomic mass is 9.65. The zero-order valence-electron chi connectivity index (χ0n) is 9.69. The van der Waals surface area contributed by atoms with Gasteiger partial charge in [0.2, 0.25) is 0 Å². The molecule has 1 aromatic rings. The third-order valence-corrected chi connectivity index (χ3v) is 3.69. The standard InChI is InChI=1S/C13H19Cl/c1-12(2,3)13(4,5)10-6-8-11(14)9-7-10/h6-9H,1-5H3. The van der Waals surface area contributed by atoms with Crippen LogP contribution in [0.5, 0.6) is 0 Å². The average molecular weight is 211 g/mol. The van der Waals surface area contributed by atoms with Crippen molar-refractivity contribution in [1.29, 1.82) is 0 Å². The fraction of sp³-hybridized carbons (Fsp3) is 0.538. The van der Waals surface area contributed by atoms with E-state index in [-0.39, 0.29) is 10.8 Å². The number of rotatable bonds is 1. The van der Waals surface area contributed by atoms with Gasteiger partial charge < -0.3 is 0 Å². The summed E-state index contributed by atoms with van der Waals surface area (Å²) in [5.74, 6) is 0. The molecule has 0 aliphatic rings. The van der Waals surface area contributed by atoms with E-state index < -0.39 is 0 Å². The summed E-state index contributed by atoms with van der Waals surface area (Å²) in [6, 6.07) is 8.16. The van der Waals surface area contributed by atoms with Crippen molar-refractivity contribution in [3.05, 3.63) is 34.9 Å². The van der Waals surface area contributed by atoms with Gasteiger partial charge in [-0.2, -0.15) is 0 Å². The van der Waals surface area contributed by atoms with Gasteiger partial charge in [-0.05, 0) is 28.5 Å². The van der Waals surface area contributed by atoms with Crippen LogP contribution < -0.4 is 0 Å². The molecule has 0 saturated carbocycles. The summed E-state index contributed by atoms with van der Waals surface area (Å²) in [4.78, 5) is 0. The quantitative estimate of drug-likeness (QED) is 0.632. The largest absolute Gasteiger partial charge is 0.0843 e. The average Bonchev–Trinajstić information content (AvgIpc) is 2.03. The molecule has 0 aliphatic carbocycles. The Morgan fingerprint density at radius 2 is 1.29 bits per heavy atom. The number of benzene rings is 1. The minimum absolute atomic E-state index is 0.164. The Balaban J connectivity index is 3.10. The molecule has 0 saturated heterocycles. The second-order valence-electron chi connectivity index (χ2n) is 5.38. The fourth-order valence-corrected chi connectivity index (χ4v) is 1.43. The van der Waals surface area contributed by atoms with Crippen LogP contribution in [0.15, 0.2) is 24.3 Å². The van der Waals surface area contributed by atoms with Crippen LogP contribution in [0.25, 0.3) is 0 Å². The van der Waals surface area contributed by atoms with Gasteiger partial charge in [0.05, 0.1) is 0 Å². The van der Waals surface area contributed by atoms with E-state index in [0.29, 0.717) is 0 Å². The summed E-state index contributed by atoms with van der Waals surface area (Å²) in [6.07, 6.45) is 0. The van der Waals surface area contributed by atoms with E-state index in [9.17, 15) is 0 Å². The SMILES string of the molecule is CC(C)(C)C(C)(C)c1ccc(Cl)cc1. The van der Waals surface area contributed by atoms with Crippen LogP contribution in [-0.4, -0.2) is 0 Å². The lowest BCUT2D eigenvalue weighted by molar-refractivity contribution is 0.225. The van der Waals surface area contributed by atoms with Gasteiger partial charge >= 0.3 is 0 Å². The molecule has 0 bridgehead atoms. The summed E-state index contributed by atoms with van der Waals surface area (Å²) in [7, 11) is 0. The van der Waals surface area contributed by atoms with Crippen LogP contribution in [0.3, 0.4) is 0 Å². The first kappa shape index (κ1) is 11.6. The topological polar surface area (TPSA) is 0 Å². The summed E-state index contributed by atoms with van der Waals surface area (Å²) in [5, 5.41) is 0.804. The Morgan fingerprint density at radius 3 is 1.64 bits per heavy atom. The van der Waals surface area contributed by atoms with Crippen LogP contribution in [0.4, 0.5) is 0 Å². The van der Waals surface area contributed by atoms with Crippen LogP contribution in [0, 0.1) is 5.41 Å². The highest BCUT2D eigenvalue weighted by Crippen LogP contribution is 2.40. The van der Waals surface area contributed by atoms with Crippen molar-refractivity contribution < 1.29 is 0 Å². The van der Waals surface area contributed by atoms with Gasteiger partial charge in [0.15, 0.2) is 0 Å². The van der Waals surface area contributed by atoms with E-state index in [1.807, 2.05) is 12.1 Å². The molecule has 0 radical (unpaired) electrons. The Labute approximate surface area is 92.3 Å². The highest BCUT2D eigenvalue weighted by atomic mass is 35.5. The third kappa shape index (κ3) is 2.12. The van der Waals surface area contributed by atoms with Gasteiger partial charge in [0, 0.05) is 5.02 Å². The number of halogens is 1. The van der Waals surface area contributed by atoms with Gasteiger partial charge in [0.25, 0.3) is 0 Å². The zero-order valence-corrected chi connectivity index (χ0v) is 10.4. The van der Waals surface area contributed by atoms with Crippen LogP contribution >= 0.6 is 11.6 Å². The minimum atomic E-state index is 0.164. The number of hydrogen-bond acceptors (Lipinski definition) is 0. The van der Waals surface area contributed by atoms with E-state index in [1.54, 1.807) is 0 Å². The molecular formula is C13H19Cl. The van der Waals surface area contributed by atoms with Gasteiger partial charge in [-0.15, -0.1) is 0 Å². The smallest absolute Gasteiger partial charge is 0.0406 e. The first-order valence-corrected chi connectivity index (χ1v) is 5.39. The van der Waals surface area contributed by atoms with Crippen molar-refractivity contribution in [2.24, 2.45) is 5.41 Å². The van der Waals surface area contributed by atoms with Crippen molar-refractivity contribution in [1.82, 2.24) is 0 Å². The van der Waals surface area contributed by atoms with Crippen molar-refractivity contribution in [3.8, 4) is 0 Å². The van der Waals surface area contributed by atoms with E-state index in [1.165, 1.54) is 5.56 Å². The molecule has 0 fully saturated rings. The molecule has 0 heterocycles. The molecular weight excluding hydrogens is 192 g/mol. The monoisotopic (exact) mass is 210 g/mol. The van der Waals surface area contributed by atoms with E-state index >= 15 is 0 Å². The predicted octanol–water partition coefficient (Wildman–Crippen LogP) is 4.66. The normalized spacial score (nSPS) is 13.0. The first-order chi connectivity index (χ1) is 6.25. The highest BCUT2D eigenvalue weighted by molar-refractivity contribution is 6.30. The lowest BCUT2D eigenvalue weighted by Gasteiger charge is -2.39. The molecule has 0 atom stereocenters. The Kier molecular flexibility index (Phi) is 2.96. The molecule has 0 unspecified atom stereocenters. The van der Waals surface area contributed by atoms with E-state index in [4.69, 9.17) is 11.6 Å². The highest BCUT2D eigenvalue weighted by Gasteiger charge is 2.33. The van der Waals surface area contributed by atoms with Crippen molar-refractivity contribution >= 4 is 11.6 Å². The van der Waals surface area contributed by atoms with Crippen LogP contribution in [0.2, 0.25) is 5.02 Å². The van der Waals surface area contributed by atoms with Gasteiger partial charge in [-0.3, -0.25) is 0 Å². The molecule has 0 aliphatic heterocycles. The summed E-state index contributed by atoms with van der Waals surface area (Å²) < 4.78 is 0. The van der Waals surface area contributed by atoms with E-state index in [2.05, 4.69) is 46.8 Å². The molecule has 1 heteroatoms. The summed E-state index contributed by atoms with van der Waals surface area (Å²) in [5.41, 5.74) is 1.76. The molecule has 14 heavy (non-hydrogen) atoms. The second kappa shape index (κ2) is 3.58. The second-order valence-corrected chi connectivity index (χ2v) is 5.82. The Morgan fingerprint density at radius 1 is 0.857 bits per heavy atom. The summed E-state index contributed by atoms with van der Waals surface area (Å²) in [6.45, 7) is 11.3. The van der Waals surface area contributed by atoms with Crippen LogP contribution in [-0.2, 0) is 5.41 Å². The lowest BCUT2D eigenvalue weighted by Crippen LogP contribution is -2.33. The Hall–Kier alpha value is -0.490. The van der Waals surface area contributed by atoms with E-state index in [0.717, 1.165) is 5.02 Å². The maximum atomic E-state index is 5.88.